The lowest BCUT2D eigenvalue weighted by Crippen LogP contribution is -2.27. The van der Waals surface area contributed by atoms with E-state index >= 15 is 0 Å². The Morgan fingerprint density at radius 3 is 2.48 bits per heavy atom. The maximum Gasteiger partial charge on any atom is 0.303 e. The van der Waals surface area contributed by atoms with E-state index in [1.807, 2.05) is 43.3 Å². The van der Waals surface area contributed by atoms with Gasteiger partial charge in [0.25, 0.3) is 0 Å². The summed E-state index contributed by atoms with van der Waals surface area (Å²) >= 11 is 1.32. The predicted octanol–water partition coefficient (Wildman–Crippen LogP) is 4.57. The van der Waals surface area contributed by atoms with Gasteiger partial charge in [0.15, 0.2) is 11.9 Å². The van der Waals surface area contributed by atoms with Gasteiger partial charge in [-0.05, 0) is 30.2 Å². The Morgan fingerprint density at radius 2 is 1.79 bits per heavy atom. The molecule has 3 aromatic rings. The number of Topliss-reactive ketones (excluding diaryl/α,β-unsaturated/α-hetero) is 1. The lowest BCUT2D eigenvalue weighted by atomic mass is 9.86. The second kappa shape index (κ2) is 9.39. The molecule has 0 aliphatic heterocycles. The van der Waals surface area contributed by atoms with Gasteiger partial charge in [-0.2, -0.15) is 5.26 Å². The maximum atomic E-state index is 13.7. The fourth-order valence-corrected chi connectivity index (χ4v) is 5.01. The van der Waals surface area contributed by atoms with Crippen molar-refractivity contribution in [3.63, 3.8) is 0 Å². The molecule has 1 amide bonds. The molecule has 0 radical (unpaired) electrons. The van der Waals surface area contributed by atoms with E-state index in [-0.39, 0.29) is 18.1 Å². The van der Waals surface area contributed by atoms with Crippen LogP contribution in [0.2, 0.25) is 0 Å². The third-order valence-electron chi connectivity index (χ3n) is 5.71. The number of benzene rings is 2. The maximum absolute atomic E-state index is 13.7. The first-order valence-corrected chi connectivity index (χ1v) is 11.4. The number of carbonyl (C=O) groups is 3. The fraction of sp³-hybridized carbons (Fsp3) is 0.231. The molecule has 1 aromatic heterocycles. The Hall–Kier alpha value is -3.76. The van der Waals surface area contributed by atoms with Gasteiger partial charge in [-0.25, -0.2) is 0 Å². The first-order valence-electron chi connectivity index (χ1n) is 10.5. The van der Waals surface area contributed by atoms with Crippen LogP contribution in [0.1, 0.15) is 67.7 Å². The monoisotopic (exact) mass is 458 g/mol. The number of amides is 1. The molecular weight excluding hydrogens is 436 g/mol. The van der Waals surface area contributed by atoms with Gasteiger partial charge < -0.3 is 10.1 Å². The highest BCUT2D eigenvalue weighted by molar-refractivity contribution is 7.12. The van der Waals surface area contributed by atoms with E-state index in [1.54, 1.807) is 18.2 Å². The van der Waals surface area contributed by atoms with Gasteiger partial charge >= 0.3 is 5.97 Å². The first-order chi connectivity index (χ1) is 15.9. The van der Waals surface area contributed by atoms with Crippen molar-refractivity contribution in [1.29, 1.82) is 5.26 Å². The second-order valence-corrected chi connectivity index (χ2v) is 9.10. The number of ether oxygens (including phenoxy) is 1. The van der Waals surface area contributed by atoms with Crippen molar-refractivity contribution in [2.24, 2.45) is 0 Å². The molecule has 166 valence electrons. The third-order valence-corrected chi connectivity index (χ3v) is 6.70. The Bertz CT molecular complexity index is 1290. The van der Waals surface area contributed by atoms with Crippen LogP contribution in [-0.4, -0.2) is 17.7 Å². The average Bonchev–Trinajstić information content (AvgIpc) is 3.24. The molecule has 1 N–H and O–H groups in total. The zero-order valence-electron chi connectivity index (χ0n) is 18.3. The van der Waals surface area contributed by atoms with Gasteiger partial charge in [0.1, 0.15) is 10.9 Å². The van der Waals surface area contributed by atoms with E-state index in [1.165, 1.54) is 18.3 Å². The van der Waals surface area contributed by atoms with Gasteiger partial charge in [0, 0.05) is 34.9 Å². The number of thiophene rings is 1. The van der Waals surface area contributed by atoms with Crippen molar-refractivity contribution < 1.29 is 19.1 Å². The summed E-state index contributed by atoms with van der Waals surface area (Å²) in [6.07, 6.45) is -0.756. The number of nitriles is 1. The van der Waals surface area contributed by atoms with Crippen LogP contribution in [0.25, 0.3) is 0 Å². The number of aryl methyl sites for hydroxylation is 1. The normalized spacial score (nSPS) is 16.7. The number of nitrogens with one attached hydrogen (secondary N) is 1. The summed E-state index contributed by atoms with van der Waals surface area (Å²) in [4.78, 5) is 40.0. The van der Waals surface area contributed by atoms with E-state index in [9.17, 15) is 14.4 Å². The molecule has 0 saturated heterocycles. The van der Waals surface area contributed by atoms with Gasteiger partial charge in [-0.3, -0.25) is 14.4 Å². The smallest absolute Gasteiger partial charge is 0.303 e. The fourth-order valence-electron chi connectivity index (χ4n) is 4.27. The summed E-state index contributed by atoms with van der Waals surface area (Å²) < 4.78 is 5.68. The average molecular weight is 459 g/mol. The van der Waals surface area contributed by atoms with Gasteiger partial charge in [0.2, 0.25) is 5.91 Å². The molecule has 0 fully saturated rings. The lowest BCUT2D eigenvalue weighted by molar-refractivity contribution is -0.144. The van der Waals surface area contributed by atoms with E-state index in [0.717, 1.165) is 10.4 Å². The van der Waals surface area contributed by atoms with Crippen molar-refractivity contribution in [2.75, 3.05) is 0 Å². The molecule has 4 rings (SSSR count). The number of esters is 1. The molecule has 1 heterocycles. The minimum Gasteiger partial charge on any atom is -0.453 e. The zero-order chi connectivity index (χ0) is 23.5. The van der Waals surface area contributed by atoms with Crippen molar-refractivity contribution >= 4 is 29.0 Å². The molecule has 2 aromatic carbocycles. The van der Waals surface area contributed by atoms with E-state index in [4.69, 9.17) is 10.00 Å². The number of ketones is 1. The Balaban J connectivity index is 1.69. The minimum atomic E-state index is -0.721. The topological polar surface area (TPSA) is 96.3 Å². The molecular formula is C26H22N2O4S. The van der Waals surface area contributed by atoms with Crippen LogP contribution in [0.15, 0.2) is 54.6 Å². The van der Waals surface area contributed by atoms with Crippen LogP contribution < -0.4 is 5.32 Å². The summed E-state index contributed by atoms with van der Waals surface area (Å²) in [5.74, 6) is -1.59. The highest BCUT2D eigenvalue weighted by atomic mass is 32.1. The Kier molecular flexibility index (Phi) is 6.38. The lowest BCUT2D eigenvalue weighted by Gasteiger charge is -2.20. The molecule has 1 aliphatic rings. The molecule has 1 aliphatic carbocycles. The summed E-state index contributed by atoms with van der Waals surface area (Å²) in [6, 6.07) is 18.4. The first kappa shape index (κ1) is 22.4. The highest BCUT2D eigenvalue weighted by Crippen LogP contribution is 2.42. The molecule has 0 bridgehead atoms. The highest BCUT2D eigenvalue weighted by Gasteiger charge is 2.37. The molecule has 6 nitrogen and oxygen atoms in total. The van der Waals surface area contributed by atoms with Crippen LogP contribution in [0, 0.1) is 18.3 Å². The predicted molar refractivity (Wildman–Crippen MR) is 124 cm³/mol. The SMILES string of the molecule is CC(=O)OC1c2ccccc2C(CC(=O)NCc2ccc(C#N)s2)C(=O)c2c(C)cccc21. The van der Waals surface area contributed by atoms with Gasteiger partial charge in [-0.15, -0.1) is 11.3 Å². The summed E-state index contributed by atoms with van der Waals surface area (Å²) in [6.45, 7) is 3.48. The zero-order valence-corrected chi connectivity index (χ0v) is 19.1. The molecule has 2 atom stereocenters. The van der Waals surface area contributed by atoms with Gasteiger partial charge in [0.05, 0.1) is 12.5 Å². The Morgan fingerprint density at radius 1 is 1.06 bits per heavy atom. The molecule has 0 saturated carbocycles. The van der Waals surface area contributed by atoms with Crippen LogP contribution in [0.3, 0.4) is 0 Å². The number of hydrogen-bond acceptors (Lipinski definition) is 6. The number of rotatable bonds is 5. The molecule has 0 spiro atoms. The summed E-state index contributed by atoms with van der Waals surface area (Å²) in [5, 5.41) is 11.8. The molecule has 7 heteroatoms. The van der Waals surface area contributed by atoms with Crippen molar-refractivity contribution in [1.82, 2.24) is 5.32 Å². The van der Waals surface area contributed by atoms with Crippen molar-refractivity contribution in [2.45, 2.75) is 38.8 Å². The molecule has 33 heavy (non-hydrogen) atoms. The van der Waals surface area contributed by atoms with Crippen molar-refractivity contribution in [3.8, 4) is 6.07 Å². The standard InChI is InChI=1S/C26H22N2O4S/c1-15-6-5-9-21-24(15)25(31)22(12-23(30)28-14-18-11-10-17(13-27)33-18)19-7-3-4-8-20(19)26(21)32-16(2)29/h3-11,22,26H,12,14H2,1-2H3,(H,28,30). The summed E-state index contributed by atoms with van der Waals surface area (Å²) in [5.41, 5.74) is 3.29. The third kappa shape index (κ3) is 4.57. The molecule has 2 unspecified atom stereocenters. The van der Waals surface area contributed by atoms with Crippen LogP contribution in [-0.2, 0) is 20.9 Å². The van der Waals surface area contributed by atoms with Crippen LogP contribution >= 0.6 is 11.3 Å². The van der Waals surface area contributed by atoms with E-state index in [0.29, 0.717) is 33.7 Å². The summed E-state index contributed by atoms with van der Waals surface area (Å²) in [7, 11) is 0. The van der Waals surface area contributed by atoms with E-state index < -0.39 is 18.0 Å². The number of nitrogens with zero attached hydrogens (tertiary/aromatic N) is 1. The number of carbonyl (C=O) groups excluding carboxylic acids is 3. The van der Waals surface area contributed by atoms with Gasteiger partial charge in [-0.1, -0.05) is 42.5 Å². The Labute approximate surface area is 195 Å². The minimum absolute atomic E-state index is 0.0348. The largest absolute Gasteiger partial charge is 0.453 e. The van der Waals surface area contributed by atoms with Crippen LogP contribution in [0.5, 0.6) is 0 Å². The number of hydrogen-bond donors (Lipinski definition) is 1. The number of fused-ring (bicyclic) bond motifs is 2. The van der Waals surface area contributed by atoms with Crippen molar-refractivity contribution in [3.05, 3.63) is 92.2 Å². The quantitative estimate of drug-likeness (QED) is 0.565. The van der Waals surface area contributed by atoms with E-state index in [2.05, 4.69) is 11.4 Å². The second-order valence-electron chi connectivity index (χ2n) is 7.93. The van der Waals surface area contributed by atoms with Crippen LogP contribution in [0.4, 0.5) is 0 Å².